The van der Waals surface area contributed by atoms with Crippen LogP contribution in [0.5, 0.6) is 0 Å². The van der Waals surface area contributed by atoms with Gasteiger partial charge in [0.1, 0.15) is 4.90 Å². The molecule has 0 aliphatic carbocycles. The fourth-order valence-corrected chi connectivity index (χ4v) is 4.20. The number of rotatable bonds is 6. The average Bonchev–Trinajstić information content (AvgIpc) is 3.15. The lowest BCUT2D eigenvalue weighted by molar-refractivity contribution is 0.0696. The fraction of sp³-hybridized carbons (Fsp3) is 0.278. The smallest absolute Gasteiger partial charge is 0.335 e. The van der Waals surface area contributed by atoms with Crippen molar-refractivity contribution in [3.8, 4) is 0 Å². The second kappa shape index (κ2) is 7.25. The molecule has 6 nitrogen and oxygen atoms in total. The highest BCUT2D eigenvalue weighted by molar-refractivity contribution is 7.89. The number of nitrogens with zero attached hydrogens (tertiary/aromatic N) is 1. The third-order valence-electron chi connectivity index (χ3n) is 4.25. The van der Waals surface area contributed by atoms with Crippen LogP contribution in [0.25, 0.3) is 0 Å². The van der Waals surface area contributed by atoms with Crippen LogP contribution in [-0.4, -0.2) is 32.6 Å². The summed E-state index contributed by atoms with van der Waals surface area (Å²) in [5, 5.41) is 9.21. The maximum absolute atomic E-state index is 12.8. The predicted molar refractivity (Wildman–Crippen MR) is 95.3 cm³/mol. The quantitative estimate of drug-likeness (QED) is 0.826. The van der Waals surface area contributed by atoms with Crippen LogP contribution in [0.4, 0.5) is 5.69 Å². The highest BCUT2D eigenvalue weighted by Gasteiger charge is 2.25. The third-order valence-corrected chi connectivity index (χ3v) is 5.68. The van der Waals surface area contributed by atoms with Crippen molar-refractivity contribution in [2.24, 2.45) is 0 Å². The van der Waals surface area contributed by atoms with Crippen molar-refractivity contribution in [3.63, 3.8) is 0 Å². The molecule has 1 heterocycles. The minimum absolute atomic E-state index is 0.0187. The molecular weight excluding hydrogens is 340 g/mol. The van der Waals surface area contributed by atoms with Crippen molar-refractivity contribution in [2.75, 3.05) is 18.0 Å². The van der Waals surface area contributed by atoms with E-state index >= 15 is 0 Å². The van der Waals surface area contributed by atoms with Gasteiger partial charge in [-0.25, -0.2) is 17.9 Å². The van der Waals surface area contributed by atoms with Crippen LogP contribution in [0.3, 0.4) is 0 Å². The summed E-state index contributed by atoms with van der Waals surface area (Å²) in [6.45, 7) is 1.70. The van der Waals surface area contributed by atoms with Crippen molar-refractivity contribution < 1.29 is 18.3 Å². The summed E-state index contributed by atoms with van der Waals surface area (Å²) >= 11 is 0. The number of hydrogen-bond acceptors (Lipinski definition) is 4. The molecule has 2 N–H and O–H groups in total. The van der Waals surface area contributed by atoms with Crippen LogP contribution in [-0.2, 0) is 16.6 Å². The molecule has 1 fully saturated rings. The van der Waals surface area contributed by atoms with Crippen molar-refractivity contribution in [1.29, 1.82) is 0 Å². The first-order valence-corrected chi connectivity index (χ1v) is 9.61. The van der Waals surface area contributed by atoms with Gasteiger partial charge in [-0.15, -0.1) is 0 Å². The molecule has 0 aromatic heterocycles. The van der Waals surface area contributed by atoms with E-state index in [0.29, 0.717) is 5.69 Å². The van der Waals surface area contributed by atoms with Gasteiger partial charge in [0.25, 0.3) is 0 Å². The second-order valence-corrected chi connectivity index (χ2v) is 7.73. The highest BCUT2D eigenvalue weighted by Crippen LogP contribution is 2.29. The molecule has 0 amide bonds. The number of aromatic carboxylic acids is 1. The molecule has 2 aromatic carbocycles. The third kappa shape index (κ3) is 4.00. The standard InChI is InChI=1S/C18H20N2O4S/c21-18(22)15-8-9-16(20-10-4-5-11-20)17(12-15)25(23,24)19-13-14-6-2-1-3-7-14/h1-3,6-9,12,19H,4-5,10-11,13H2,(H,21,22). The highest BCUT2D eigenvalue weighted by atomic mass is 32.2. The van der Waals surface area contributed by atoms with Crippen molar-refractivity contribution in [1.82, 2.24) is 4.72 Å². The van der Waals surface area contributed by atoms with Crippen molar-refractivity contribution in [2.45, 2.75) is 24.3 Å². The molecule has 1 saturated heterocycles. The summed E-state index contributed by atoms with van der Waals surface area (Å²) in [5.41, 5.74) is 1.36. The monoisotopic (exact) mass is 360 g/mol. The summed E-state index contributed by atoms with van der Waals surface area (Å²) in [7, 11) is -3.84. The summed E-state index contributed by atoms with van der Waals surface area (Å²) in [6, 6.07) is 13.5. The normalized spacial score (nSPS) is 14.6. The zero-order valence-corrected chi connectivity index (χ0v) is 14.5. The van der Waals surface area contributed by atoms with E-state index in [1.165, 1.54) is 12.1 Å². The molecule has 132 valence electrons. The fourth-order valence-electron chi connectivity index (χ4n) is 2.93. The molecular formula is C18H20N2O4S. The molecule has 1 aliphatic rings. The van der Waals surface area contributed by atoms with E-state index < -0.39 is 16.0 Å². The Hall–Kier alpha value is -2.38. The first-order chi connectivity index (χ1) is 12.0. The summed E-state index contributed by atoms with van der Waals surface area (Å²) in [6.07, 6.45) is 2.00. The molecule has 0 bridgehead atoms. The van der Waals surface area contributed by atoms with Gasteiger partial charge in [0.2, 0.25) is 10.0 Å². The predicted octanol–water partition coefficient (Wildman–Crippen LogP) is 2.46. The van der Waals surface area contributed by atoms with E-state index in [1.54, 1.807) is 6.07 Å². The van der Waals surface area contributed by atoms with Crippen LogP contribution in [0, 0.1) is 0 Å². The Morgan fingerprint density at radius 3 is 2.40 bits per heavy atom. The summed E-state index contributed by atoms with van der Waals surface area (Å²) in [4.78, 5) is 13.3. The van der Waals surface area contributed by atoms with Crippen molar-refractivity contribution >= 4 is 21.7 Å². The van der Waals surface area contributed by atoms with Gasteiger partial charge < -0.3 is 10.0 Å². The van der Waals surface area contributed by atoms with Gasteiger partial charge >= 0.3 is 5.97 Å². The van der Waals surface area contributed by atoms with Crippen LogP contribution in [0.1, 0.15) is 28.8 Å². The zero-order valence-electron chi connectivity index (χ0n) is 13.7. The molecule has 0 saturated carbocycles. The van der Waals surface area contributed by atoms with Crippen LogP contribution < -0.4 is 9.62 Å². The Labute approximate surface area is 147 Å². The topological polar surface area (TPSA) is 86.7 Å². The molecule has 0 unspecified atom stereocenters. The number of carbonyl (C=O) groups is 1. The molecule has 3 rings (SSSR count). The van der Waals surface area contributed by atoms with Crippen LogP contribution in [0.2, 0.25) is 0 Å². The molecule has 0 radical (unpaired) electrons. The van der Waals surface area contributed by atoms with Gasteiger partial charge in [-0.05, 0) is 36.6 Å². The van der Waals surface area contributed by atoms with E-state index in [2.05, 4.69) is 4.72 Å². The van der Waals surface area contributed by atoms with Gasteiger partial charge in [0.15, 0.2) is 0 Å². The minimum Gasteiger partial charge on any atom is -0.478 e. The zero-order chi connectivity index (χ0) is 17.9. The number of nitrogens with one attached hydrogen (secondary N) is 1. The lowest BCUT2D eigenvalue weighted by atomic mass is 10.2. The molecule has 1 aliphatic heterocycles. The number of carboxylic acid groups (broad SMARTS) is 1. The average molecular weight is 360 g/mol. The molecule has 0 spiro atoms. The number of sulfonamides is 1. The number of benzene rings is 2. The van der Waals surface area contributed by atoms with E-state index in [4.69, 9.17) is 0 Å². The van der Waals surface area contributed by atoms with Gasteiger partial charge in [-0.3, -0.25) is 0 Å². The number of carboxylic acids is 1. The maximum Gasteiger partial charge on any atom is 0.335 e. The Bertz CT molecular complexity index is 860. The largest absolute Gasteiger partial charge is 0.478 e. The van der Waals surface area contributed by atoms with Crippen molar-refractivity contribution in [3.05, 3.63) is 59.7 Å². The second-order valence-electron chi connectivity index (χ2n) is 5.99. The van der Waals surface area contributed by atoms with E-state index in [0.717, 1.165) is 31.5 Å². The van der Waals surface area contributed by atoms with Crippen LogP contribution in [0.15, 0.2) is 53.4 Å². The molecule has 0 atom stereocenters. The van der Waals surface area contributed by atoms with Gasteiger partial charge in [-0.1, -0.05) is 30.3 Å². The Morgan fingerprint density at radius 1 is 1.08 bits per heavy atom. The lowest BCUT2D eigenvalue weighted by Crippen LogP contribution is -2.27. The van der Waals surface area contributed by atoms with Gasteiger partial charge in [0, 0.05) is 19.6 Å². The van der Waals surface area contributed by atoms with E-state index in [1.807, 2.05) is 35.2 Å². The Morgan fingerprint density at radius 2 is 1.76 bits per heavy atom. The Balaban J connectivity index is 1.94. The molecule has 2 aromatic rings. The van der Waals surface area contributed by atoms with Gasteiger partial charge in [-0.2, -0.15) is 0 Å². The summed E-state index contributed by atoms with van der Waals surface area (Å²) in [5.74, 6) is -1.15. The van der Waals surface area contributed by atoms with E-state index in [-0.39, 0.29) is 17.0 Å². The first-order valence-electron chi connectivity index (χ1n) is 8.13. The lowest BCUT2D eigenvalue weighted by Gasteiger charge is -2.22. The Kier molecular flexibility index (Phi) is 5.06. The minimum atomic E-state index is -3.84. The molecule has 7 heteroatoms. The number of hydrogen-bond donors (Lipinski definition) is 2. The maximum atomic E-state index is 12.8. The first kappa shape index (κ1) is 17.4. The van der Waals surface area contributed by atoms with Crippen LogP contribution >= 0.6 is 0 Å². The van der Waals surface area contributed by atoms with Gasteiger partial charge in [0.05, 0.1) is 11.3 Å². The van der Waals surface area contributed by atoms with E-state index in [9.17, 15) is 18.3 Å². The molecule has 25 heavy (non-hydrogen) atoms. The summed E-state index contributed by atoms with van der Waals surface area (Å²) < 4.78 is 28.2. The number of anilines is 1. The SMILES string of the molecule is O=C(O)c1ccc(N2CCCC2)c(S(=O)(=O)NCc2ccccc2)c1.